The summed E-state index contributed by atoms with van der Waals surface area (Å²) in [6, 6.07) is 11.0. The zero-order valence-electron chi connectivity index (χ0n) is 15.1. The van der Waals surface area contributed by atoms with Crippen LogP contribution in [0.25, 0.3) is 11.1 Å². The highest BCUT2D eigenvalue weighted by Crippen LogP contribution is 2.20. The first-order valence-electron chi connectivity index (χ1n) is 8.63. The molecule has 0 aliphatic heterocycles. The molecule has 2 aromatic heterocycles. The van der Waals surface area contributed by atoms with Crippen molar-refractivity contribution >= 4 is 11.7 Å². The minimum absolute atomic E-state index is 0.136. The maximum absolute atomic E-state index is 12.5. The number of nitrogens with one attached hydrogen (secondary N) is 1. The van der Waals surface area contributed by atoms with Crippen molar-refractivity contribution in [2.75, 3.05) is 26.0 Å². The van der Waals surface area contributed by atoms with E-state index in [0.717, 1.165) is 17.0 Å². The SMILES string of the molecule is COCCn1cnnc1CCNC(=O)c1cccc(-c2ccc(N)nc2)c1. The number of rotatable bonds is 8. The lowest BCUT2D eigenvalue weighted by molar-refractivity contribution is 0.0954. The van der Waals surface area contributed by atoms with Crippen LogP contribution in [-0.4, -0.2) is 45.9 Å². The maximum Gasteiger partial charge on any atom is 0.251 e. The zero-order chi connectivity index (χ0) is 19.1. The van der Waals surface area contributed by atoms with E-state index in [2.05, 4.69) is 20.5 Å². The number of hydrogen-bond donors (Lipinski definition) is 2. The number of benzene rings is 1. The van der Waals surface area contributed by atoms with Gasteiger partial charge in [0.25, 0.3) is 5.91 Å². The lowest BCUT2D eigenvalue weighted by Gasteiger charge is -2.08. The van der Waals surface area contributed by atoms with Gasteiger partial charge in [0.1, 0.15) is 18.0 Å². The number of pyridine rings is 1. The summed E-state index contributed by atoms with van der Waals surface area (Å²) in [5, 5.41) is 10.9. The first kappa shape index (κ1) is 18.5. The summed E-state index contributed by atoms with van der Waals surface area (Å²) in [4.78, 5) is 16.5. The van der Waals surface area contributed by atoms with E-state index in [1.54, 1.807) is 31.8 Å². The van der Waals surface area contributed by atoms with Crippen LogP contribution in [0.3, 0.4) is 0 Å². The Bertz CT molecular complexity index is 891. The molecule has 140 valence electrons. The molecule has 0 radical (unpaired) electrons. The minimum atomic E-state index is -0.136. The van der Waals surface area contributed by atoms with E-state index in [1.807, 2.05) is 28.8 Å². The second-order valence-electron chi connectivity index (χ2n) is 5.99. The fourth-order valence-corrected chi connectivity index (χ4v) is 2.65. The fraction of sp³-hybridized carbons (Fsp3) is 0.263. The van der Waals surface area contributed by atoms with Crippen LogP contribution in [0.5, 0.6) is 0 Å². The Morgan fingerprint density at radius 3 is 2.93 bits per heavy atom. The molecule has 3 aromatic rings. The molecule has 3 N–H and O–H groups in total. The Kier molecular flexibility index (Phi) is 6.11. The number of ether oxygens (including phenoxy) is 1. The highest BCUT2D eigenvalue weighted by molar-refractivity contribution is 5.95. The molecule has 8 heteroatoms. The number of methoxy groups -OCH3 is 1. The first-order valence-corrected chi connectivity index (χ1v) is 8.63. The molecule has 0 saturated heterocycles. The molecule has 0 aliphatic rings. The molecular weight excluding hydrogens is 344 g/mol. The van der Waals surface area contributed by atoms with Gasteiger partial charge in [0.2, 0.25) is 0 Å². The van der Waals surface area contributed by atoms with Gasteiger partial charge >= 0.3 is 0 Å². The normalized spacial score (nSPS) is 10.7. The molecule has 0 aliphatic carbocycles. The second-order valence-corrected chi connectivity index (χ2v) is 5.99. The third-order valence-corrected chi connectivity index (χ3v) is 4.11. The van der Waals surface area contributed by atoms with Gasteiger partial charge in [-0.2, -0.15) is 0 Å². The van der Waals surface area contributed by atoms with Crippen molar-refractivity contribution in [3.8, 4) is 11.1 Å². The average molecular weight is 366 g/mol. The predicted molar refractivity (Wildman–Crippen MR) is 102 cm³/mol. The number of carbonyl (C=O) groups is 1. The van der Waals surface area contributed by atoms with Crippen LogP contribution in [0.2, 0.25) is 0 Å². The average Bonchev–Trinajstić information content (AvgIpc) is 3.14. The zero-order valence-corrected chi connectivity index (χ0v) is 15.1. The Morgan fingerprint density at radius 2 is 2.15 bits per heavy atom. The maximum atomic E-state index is 12.5. The van der Waals surface area contributed by atoms with Gasteiger partial charge in [-0.3, -0.25) is 4.79 Å². The van der Waals surface area contributed by atoms with Crippen molar-refractivity contribution in [1.29, 1.82) is 0 Å². The van der Waals surface area contributed by atoms with Gasteiger partial charge in [0.05, 0.1) is 6.61 Å². The van der Waals surface area contributed by atoms with Gasteiger partial charge in [0, 0.05) is 43.9 Å². The van der Waals surface area contributed by atoms with Crippen molar-refractivity contribution in [2.45, 2.75) is 13.0 Å². The number of hydrogen-bond acceptors (Lipinski definition) is 6. The van der Waals surface area contributed by atoms with Crippen molar-refractivity contribution in [3.63, 3.8) is 0 Å². The van der Waals surface area contributed by atoms with Gasteiger partial charge < -0.3 is 20.4 Å². The molecule has 27 heavy (non-hydrogen) atoms. The van der Waals surface area contributed by atoms with E-state index in [9.17, 15) is 4.79 Å². The van der Waals surface area contributed by atoms with Crippen LogP contribution in [0.4, 0.5) is 5.82 Å². The Labute approximate surface area is 157 Å². The summed E-state index contributed by atoms with van der Waals surface area (Å²) in [6.07, 6.45) is 3.95. The molecule has 0 unspecified atom stereocenters. The summed E-state index contributed by atoms with van der Waals surface area (Å²) in [5.74, 6) is 1.14. The number of carbonyl (C=O) groups excluding carboxylic acids is 1. The van der Waals surface area contributed by atoms with Gasteiger partial charge in [-0.15, -0.1) is 10.2 Å². The second kappa shape index (κ2) is 8.91. The summed E-state index contributed by atoms with van der Waals surface area (Å²) < 4.78 is 6.99. The van der Waals surface area contributed by atoms with Gasteiger partial charge in [-0.25, -0.2) is 4.98 Å². The molecule has 8 nitrogen and oxygen atoms in total. The van der Waals surface area contributed by atoms with E-state index >= 15 is 0 Å². The van der Waals surface area contributed by atoms with E-state index in [-0.39, 0.29) is 5.91 Å². The number of aromatic nitrogens is 4. The largest absolute Gasteiger partial charge is 0.384 e. The van der Waals surface area contributed by atoms with Gasteiger partial charge in [-0.1, -0.05) is 12.1 Å². The molecule has 2 heterocycles. The van der Waals surface area contributed by atoms with Gasteiger partial charge in [-0.05, 0) is 29.8 Å². The Hall–Kier alpha value is -3.26. The molecule has 1 amide bonds. The van der Waals surface area contributed by atoms with Crippen LogP contribution < -0.4 is 11.1 Å². The number of amides is 1. The van der Waals surface area contributed by atoms with Crippen molar-refractivity contribution in [1.82, 2.24) is 25.1 Å². The molecule has 3 rings (SSSR count). The molecule has 0 spiro atoms. The van der Waals surface area contributed by atoms with Gasteiger partial charge in [0.15, 0.2) is 0 Å². The summed E-state index contributed by atoms with van der Waals surface area (Å²) in [7, 11) is 1.65. The standard InChI is InChI=1S/C19H22N6O2/c1-27-10-9-25-13-23-24-18(25)7-8-21-19(26)15-4-2-3-14(11-15)16-5-6-17(20)22-12-16/h2-6,11-13H,7-10H2,1H3,(H2,20,22)(H,21,26). The van der Waals surface area contributed by atoms with Crippen molar-refractivity contribution < 1.29 is 9.53 Å². The van der Waals surface area contributed by atoms with E-state index in [4.69, 9.17) is 10.5 Å². The van der Waals surface area contributed by atoms with Crippen LogP contribution >= 0.6 is 0 Å². The fourth-order valence-electron chi connectivity index (χ4n) is 2.65. The predicted octanol–water partition coefficient (Wildman–Crippen LogP) is 1.54. The highest BCUT2D eigenvalue weighted by Gasteiger charge is 2.09. The van der Waals surface area contributed by atoms with Crippen molar-refractivity contribution in [3.05, 3.63) is 60.3 Å². The quantitative estimate of drug-likeness (QED) is 0.626. The van der Waals surface area contributed by atoms with E-state index in [1.165, 1.54) is 0 Å². The third kappa shape index (κ3) is 4.89. The Balaban J connectivity index is 1.59. The smallest absolute Gasteiger partial charge is 0.251 e. The van der Waals surface area contributed by atoms with E-state index in [0.29, 0.717) is 37.5 Å². The summed E-state index contributed by atoms with van der Waals surface area (Å²) >= 11 is 0. The number of nitrogens with two attached hydrogens (primary N) is 1. The lowest BCUT2D eigenvalue weighted by Crippen LogP contribution is -2.26. The monoisotopic (exact) mass is 366 g/mol. The Morgan fingerprint density at radius 1 is 1.26 bits per heavy atom. The van der Waals surface area contributed by atoms with Crippen LogP contribution in [0, 0.1) is 0 Å². The summed E-state index contributed by atoms with van der Waals surface area (Å²) in [6.45, 7) is 1.74. The number of anilines is 1. The van der Waals surface area contributed by atoms with Crippen LogP contribution in [-0.2, 0) is 17.7 Å². The number of nitrogen functional groups attached to an aromatic ring is 1. The lowest BCUT2D eigenvalue weighted by atomic mass is 10.0. The van der Waals surface area contributed by atoms with E-state index < -0.39 is 0 Å². The number of nitrogens with zero attached hydrogens (tertiary/aromatic N) is 4. The topological polar surface area (TPSA) is 108 Å². The van der Waals surface area contributed by atoms with Crippen molar-refractivity contribution in [2.24, 2.45) is 0 Å². The van der Waals surface area contributed by atoms with Crippen LogP contribution in [0.15, 0.2) is 48.9 Å². The third-order valence-electron chi connectivity index (χ3n) is 4.11. The molecule has 0 fully saturated rings. The molecular formula is C19H22N6O2. The highest BCUT2D eigenvalue weighted by atomic mass is 16.5. The molecule has 0 bridgehead atoms. The molecule has 0 saturated carbocycles. The summed E-state index contributed by atoms with van der Waals surface area (Å²) in [5.41, 5.74) is 8.03. The first-order chi connectivity index (χ1) is 13.2. The molecule has 0 atom stereocenters. The minimum Gasteiger partial charge on any atom is -0.384 e. The molecule has 1 aromatic carbocycles. The van der Waals surface area contributed by atoms with Crippen LogP contribution in [0.1, 0.15) is 16.2 Å².